The minimum atomic E-state index is -0.207. The maximum atomic E-state index is 12.4. The normalized spacial score (nSPS) is 10.7. The minimum absolute atomic E-state index is 0.141. The van der Waals surface area contributed by atoms with Gasteiger partial charge in [0.2, 0.25) is 0 Å². The molecule has 1 aromatic heterocycles. The van der Waals surface area contributed by atoms with E-state index in [1.165, 1.54) is 6.20 Å². The molecule has 0 aliphatic heterocycles. The number of nitrogens with two attached hydrogens (primary N) is 1. The number of amides is 1. The molecule has 7 heteroatoms. The molecule has 0 unspecified atom stereocenters. The summed E-state index contributed by atoms with van der Waals surface area (Å²) in [7, 11) is 1.71. The van der Waals surface area contributed by atoms with Crippen LogP contribution in [0.15, 0.2) is 6.20 Å². The van der Waals surface area contributed by atoms with Crippen molar-refractivity contribution in [1.82, 2.24) is 14.9 Å². The summed E-state index contributed by atoms with van der Waals surface area (Å²) in [5.74, 6) is 5.96. The predicted octanol–water partition coefficient (Wildman–Crippen LogP) is 0.994. The Morgan fingerprint density at radius 1 is 1.55 bits per heavy atom. The molecule has 0 fully saturated rings. The summed E-state index contributed by atoms with van der Waals surface area (Å²) < 4.78 is 5.24. The summed E-state index contributed by atoms with van der Waals surface area (Å²) >= 11 is 0. The van der Waals surface area contributed by atoms with Crippen LogP contribution in [0.25, 0.3) is 0 Å². The lowest BCUT2D eigenvalue weighted by atomic mass is 10.2. The number of nitrogen functional groups attached to an aromatic ring is 1. The van der Waals surface area contributed by atoms with Crippen LogP contribution in [0.1, 0.15) is 43.0 Å². The zero-order chi connectivity index (χ0) is 15.1. The zero-order valence-electron chi connectivity index (χ0n) is 12.5. The Labute approximate surface area is 119 Å². The van der Waals surface area contributed by atoms with Crippen molar-refractivity contribution in [3.63, 3.8) is 0 Å². The summed E-state index contributed by atoms with van der Waals surface area (Å²) in [6.07, 6.45) is 1.53. The lowest BCUT2D eigenvalue weighted by molar-refractivity contribution is 0.0705. The third kappa shape index (κ3) is 4.14. The van der Waals surface area contributed by atoms with Crippen molar-refractivity contribution >= 4 is 11.6 Å². The molecular formula is C13H23N5O2. The van der Waals surface area contributed by atoms with Crippen LogP contribution < -0.4 is 11.3 Å². The highest BCUT2D eigenvalue weighted by Crippen LogP contribution is 2.16. The van der Waals surface area contributed by atoms with Gasteiger partial charge in [-0.1, -0.05) is 13.8 Å². The lowest BCUT2D eigenvalue weighted by Gasteiger charge is -2.18. The Hall–Kier alpha value is -1.73. The molecule has 3 N–H and O–H groups in total. The highest BCUT2D eigenvalue weighted by Gasteiger charge is 2.19. The van der Waals surface area contributed by atoms with Gasteiger partial charge in [0, 0.05) is 26.1 Å². The molecule has 7 nitrogen and oxygen atoms in total. The van der Waals surface area contributed by atoms with E-state index in [2.05, 4.69) is 15.4 Å². The van der Waals surface area contributed by atoms with Gasteiger partial charge in [-0.25, -0.2) is 9.97 Å². The van der Waals surface area contributed by atoms with E-state index >= 15 is 0 Å². The van der Waals surface area contributed by atoms with Gasteiger partial charge < -0.3 is 15.1 Å². The number of carbonyl (C=O) groups is 1. The molecule has 0 aliphatic carbocycles. The van der Waals surface area contributed by atoms with Crippen LogP contribution in [0.2, 0.25) is 0 Å². The van der Waals surface area contributed by atoms with Gasteiger partial charge in [0.25, 0.3) is 5.91 Å². The van der Waals surface area contributed by atoms with Gasteiger partial charge in [-0.15, -0.1) is 0 Å². The number of rotatable bonds is 7. The summed E-state index contributed by atoms with van der Waals surface area (Å²) in [5.41, 5.74) is 3.16. The van der Waals surface area contributed by atoms with E-state index in [1.807, 2.05) is 20.8 Å². The lowest BCUT2D eigenvalue weighted by Crippen LogP contribution is -2.32. The topological polar surface area (TPSA) is 93.4 Å². The van der Waals surface area contributed by atoms with Crippen LogP contribution in [0.5, 0.6) is 0 Å². The molecule has 0 aromatic carbocycles. The molecule has 0 saturated carbocycles. The number of hydrazine groups is 1. The predicted molar refractivity (Wildman–Crippen MR) is 77.4 cm³/mol. The van der Waals surface area contributed by atoms with Gasteiger partial charge in [0.1, 0.15) is 5.82 Å². The second-order valence-electron chi connectivity index (χ2n) is 4.71. The molecule has 0 aliphatic rings. The van der Waals surface area contributed by atoms with E-state index in [0.29, 0.717) is 31.3 Å². The van der Waals surface area contributed by atoms with E-state index in [4.69, 9.17) is 10.6 Å². The third-order valence-electron chi connectivity index (χ3n) is 2.80. The number of hydrogen-bond donors (Lipinski definition) is 2. The SMILES string of the molecule is CCOCCN(C)C(=O)c1nc(C(C)C)ncc1NN. The number of aromatic nitrogens is 2. The van der Waals surface area contributed by atoms with Gasteiger partial charge in [-0.3, -0.25) is 10.6 Å². The van der Waals surface area contributed by atoms with Crippen molar-refractivity contribution in [1.29, 1.82) is 0 Å². The first-order valence-electron chi connectivity index (χ1n) is 6.68. The maximum absolute atomic E-state index is 12.4. The molecule has 20 heavy (non-hydrogen) atoms. The fraction of sp³-hybridized carbons (Fsp3) is 0.615. The molecule has 0 radical (unpaired) electrons. The van der Waals surface area contributed by atoms with E-state index in [1.54, 1.807) is 11.9 Å². The maximum Gasteiger partial charge on any atom is 0.274 e. The van der Waals surface area contributed by atoms with Crippen LogP contribution in [0.3, 0.4) is 0 Å². The van der Waals surface area contributed by atoms with Crippen molar-refractivity contribution in [3.05, 3.63) is 17.7 Å². The molecule has 1 aromatic rings. The Morgan fingerprint density at radius 2 is 2.25 bits per heavy atom. The first-order chi connectivity index (χ1) is 9.51. The summed E-state index contributed by atoms with van der Waals surface area (Å²) in [4.78, 5) is 22.4. The fourth-order valence-electron chi connectivity index (χ4n) is 1.57. The highest BCUT2D eigenvalue weighted by molar-refractivity contribution is 5.97. The van der Waals surface area contributed by atoms with Gasteiger partial charge in [-0.2, -0.15) is 0 Å². The Morgan fingerprint density at radius 3 is 2.80 bits per heavy atom. The molecule has 112 valence electrons. The summed E-state index contributed by atoms with van der Waals surface area (Å²) in [5, 5.41) is 0. The molecule has 1 amide bonds. The van der Waals surface area contributed by atoms with Crippen LogP contribution in [0, 0.1) is 0 Å². The van der Waals surface area contributed by atoms with Crippen molar-refractivity contribution in [2.45, 2.75) is 26.7 Å². The average Bonchev–Trinajstić information content (AvgIpc) is 2.45. The average molecular weight is 281 g/mol. The van der Waals surface area contributed by atoms with Crippen molar-refractivity contribution in [3.8, 4) is 0 Å². The minimum Gasteiger partial charge on any atom is -0.380 e. The Kier molecular flexibility index (Phi) is 6.33. The largest absolute Gasteiger partial charge is 0.380 e. The zero-order valence-corrected chi connectivity index (χ0v) is 12.5. The first kappa shape index (κ1) is 16.3. The number of likely N-dealkylation sites (N-methyl/N-ethyl adjacent to an activating group) is 1. The first-order valence-corrected chi connectivity index (χ1v) is 6.68. The third-order valence-corrected chi connectivity index (χ3v) is 2.80. The standard InChI is InChI=1S/C13H23N5O2/c1-5-20-7-6-18(4)13(19)11-10(17-14)8-15-12(16-11)9(2)3/h8-9,17H,5-7,14H2,1-4H3. The van der Waals surface area contributed by atoms with Gasteiger partial charge in [-0.05, 0) is 6.92 Å². The highest BCUT2D eigenvalue weighted by atomic mass is 16.5. The van der Waals surface area contributed by atoms with Gasteiger partial charge >= 0.3 is 0 Å². The number of nitrogens with one attached hydrogen (secondary N) is 1. The van der Waals surface area contributed by atoms with Crippen molar-refractivity contribution < 1.29 is 9.53 Å². The molecule has 0 spiro atoms. The van der Waals surface area contributed by atoms with Crippen LogP contribution >= 0.6 is 0 Å². The Balaban J connectivity index is 2.91. The summed E-state index contributed by atoms with van der Waals surface area (Å²) in [6.45, 7) is 7.47. The van der Waals surface area contributed by atoms with Crippen LogP contribution in [-0.4, -0.2) is 47.6 Å². The van der Waals surface area contributed by atoms with Crippen molar-refractivity contribution in [2.24, 2.45) is 5.84 Å². The number of ether oxygens (including phenoxy) is 1. The van der Waals surface area contributed by atoms with E-state index < -0.39 is 0 Å². The van der Waals surface area contributed by atoms with Crippen LogP contribution in [-0.2, 0) is 4.74 Å². The molecule has 0 saturated heterocycles. The monoisotopic (exact) mass is 281 g/mol. The van der Waals surface area contributed by atoms with Gasteiger partial charge in [0.15, 0.2) is 5.69 Å². The van der Waals surface area contributed by atoms with E-state index in [9.17, 15) is 4.79 Å². The molecule has 0 bridgehead atoms. The second-order valence-corrected chi connectivity index (χ2v) is 4.71. The van der Waals surface area contributed by atoms with E-state index in [0.717, 1.165) is 0 Å². The number of carbonyl (C=O) groups excluding carboxylic acids is 1. The molecule has 1 rings (SSSR count). The van der Waals surface area contributed by atoms with Gasteiger partial charge in [0.05, 0.1) is 18.5 Å². The van der Waals surface area contributed by atoms with E-state index in [-0.39, 0.29) is 17.5 Å². The molecular weight excluding hydrogens is 258 g/mol. The smallest absolute Gasteiger partial charge is 0.274 e. The number of hydrogen-bond acceptors (Lipinski definition) is 6. The molecule has 0 atom stereocenters. The second kappa shape index (κ2) is 7.76. The van der Waals surface area contributed by atoms with Crippen molar-refractivity contribution in [2.75, 3.05) is 32.2 Å². The fourth-order valence-corrected chi connectivity index (χ4v) is 1.57. The molecule has 1 heterocycles. The quantitative estimate of drug-likeness (QED) is 0.440. The number of anilines is 1. The van der Waals surface area contributed by atoms with Crippen LogP contribution in [0.4, 0.5) is 5.69 Å². The number of nitrogens with zero attached hydrogens (tertiary/aromatic N) is 3. The Bertz CT molecular complexity index is 450. The summed E-state index contributed by atoms with van der Waals surface area (Å²) in [6, 6.07) is 0.